The Morgan fingerprint density at radius 2 is 1.91 bits per heavy atom. The van der Waals surface area contributed by atoms with Crippen LogP contribution in [0.2, 0.25) is 0 Å². The quantitative estimate of drug-likeness (QED) is 0.554. The first-order valence-electron chi connectivity index (χ1n) is 3.72. The third kappa shape index (κ3) is 1.41. The van der Waals surface area contributed by atoms with Crippen LogP contribution in [0.1, 0.15) is 11.2 Å². The predicted molar refractivity (Wildman–Crippen MR) is 51.3 cm³/mol. The average molecular weight is 160 g/mol. The second-order valence-corrected chi connectivity index (χ2v) is 3.69. The van der Waals surface area contributed by atoms with Crippen LogP contribution in [0.4, 0.5) is 0 Å². The number of allylic oxidation sites excluding steroid dienone is 2. The lowest BCUT2D eigenvalue weighted by atomic mass is 10.1. The van der Waals surface area contributed by atoms with Crippen LogP contribution in [0, 0.1) is 0 Å². The molecule has 0 fully saturated rings. The maximum Gasteiger partial charge on any atom is 0.0442 e. The van der Waals surface area contributed by atoms with Gasteiger partial charge in [0.2, 0.25) is 0 Å². The van der Waals surface area contributed by atoms with Crippen molar-refractivity contribution in [3.8, 4) is 0 Å². The lowest BCUT2D eigenvalue weighted by molar-refractivity contribution is 1.24. The second-order valence-electron chi connectivity index (χ2n) is 2.54. The molecule has 0 saturated heterocycles. The van der Waals surface area contributed by atoms with E-state index in [1.54, 1.807) is 0 Å². The molecule has 54 valence electrons. The molecule has 1 aromatic carbocycles. The van der Waals surface area contributed by atoms with Crippen LogP contribution < -0.4 is 0 Å². The fourth-order valence-corrected chi connectivity index (χ4v) is 2.12. The summed E-state index contributed by atoms with van der Waals surface area (Å²) >= 11 is 0. The standard InChI is InChI=1S/C10H9P/c1-2-5-9(6-3-1)10-7-4-8-11-10/h1-8,10H. The van der Waals surface area contributed by atoms with Gasteiger partial charge in [0.25, 0.3) is 0 Å². The van der Waals surface area contributed by atoms with Gasteiger partial charge < -0.3 is 0 Å². The summed E-state index contributed by atoms with van der Waals surface area (Å²) in [6.45, 7) is 0. The van der Waals surface area contributed by atoms with E-state index in [0.29, 0.717) is 5.66 Å². The summed E-state index contributed by atoms with van der Waals surface area (Å²) < 4.78 is 0. The van der Waals surface area contributed by atoms with Gasteiger partial charge in [0, 0.05) is 5.66 Å². The molecule has 1 aliphatic heterocycles. The van der Waals surface area contributed by atoms with E-state index >= 15 is 0 Å². The minimum atomic E-state index is 0.608. The maximum atomic E-state index is 2.25. The molecule has 0 amide bonds. The zero-order chi connectivity index (χ0) is 7.52. The van der Waals surface area contributed by atoms with E-state index in [1.165, 1.54) is 13.8 Å². The van der Waals surface area contributed by atoms with Crippen LogP contribution in [0.25, 0.3) is 0 Å². The largest absolute Gasteiger partial charge is 0.0921 e. The number of rotatable bonds is 1. The molecule has 0 spiro atoms. The summed E-state index contributed by atoms with van der Waals surface area (Å²) in [7, 11) is 1.40. The van der Waals surface area contributed by atoms with Gasteiger partial charge >= 0.3 is 0 Å². The van der Waals surface area contributed by atoms with Crippen molar-refractivity contribution in [2.75, 3.05) is 0 Å². The highest BCUT2D eigenvalue weighted by atomic mass is 31.1. The number of hydrogen-bond acceptors (Lipinski definition) is 0. The molecular weight excluding hydrogens is 151 g/mol. The van der Waals surface area contributed by atoms with Crippen LogP contribution in [0.3, 0.4) is 0 Å². The highest BCUT2D eigenvalue weighted by molar-refractivity contribution is 7.40. The first-order valence-corrected chi connectivity index (χ1v) is 4.75. The van der Waals surface area contributed by atoms with E-state index < -0.39 is 0 Å². The summed E-state index contributed by atoms with van der Waals surface area (Å²) in [5.41, 5.74) is 2.02. The van der Waals surface area contributed by atoms with Crippen molar-refractivity contribution in [2.45, 2.75) is 5.66 Å². The molecular formula is C10H9P. The van der Waals surface area contributed by atoms with Crippen molar-refractivity contribution in [3.05, 3.63) is 48.0 Å². The second kappa shape index (κ2) is 3.02. The van der Waals surface area contributed by atoms with Gasteiger partial charge in [-0.3, -0.25) is 0 Å². The highest BCUT2D eigenvalue weighted by Crippen LogP contribution is 2.31. The van der Waals surface area contributed by atoms with E-state index in [1.807, 2.05) is 0 Å². The van der Waals surface area contributed by atoms with E-state index in [9.17, 15) is 0 Å². The van der Waals surface area contributed by atoms with E-state index in [4.69, 9.17) is 0 Å². The Kier molecular flexibility index (Phi) is 1.87. The molecule has 0 bridgehead atoms. The molecule has 0 saturated carbocycles. The molecule has 1 heteroatoms. The zero-order valence-corrected chi connectivity index (χ0v) is 7.04. The molecule has 2 rings (SSSR count). The third-order valence-electron chi connectivity index (χ3n) is 1.77. The minimum absolute atomic E-state index is 0.608. The van der Waals surface area contributed by atoms with Gasteiger partial charge in [-0.2, -0.15) is 0 Å². The van der Waals surface area contributed by atoms with Crippen molar-refractivity contribution in [1.82, 2.24) is 0 Å². The molecule has 0 aliphatic carbocycles. The van der Waals surface area contributed by atoms with E-state index in [0.717, 1.165) is 0 Å². The van der Waals surface area contributed by atoms with Crippen LogP contribution in [0.5, 0.6) is 0 Å². The van der Waals surface area contributed by atoms with Gasteiger partial charge in [0.15, 0.2) is 0 Å². The van der Waals surface area contributed by atoms with Crippen LogP contribution >= 0.6 is 8.20 Å². The summed E-state index contributed by atoms with van der Waals surface area (Å²) in [5.74, 6) is 2.19. The summed E-state index contributed by atoms with van der Waals surface area (Å²) in [4.78, 5) is 0. The van der Waals surface area contributed by atoms with Crippen molar-refractivity contribution in [1.29, 1.82) is 0 Å². The van der Waals surface area contributed by atoms with Crippen LogP contribution in [-0.4, -0.2) is 5.80 Å². The number of benzene rings is 1. The number of hydrogen-bond donors (Lipinski definition) is 0. The molecule has 0 aromatic heterocycles. The van der Waals surface area contributed by atoms with Crippen LogP contribution in [0.15, 0.2) is 42.5 Å². The van der Waals surface area contributed by atoms with Gasteiger partial charge in [-0.1, -0.05) is 50.7 Å². The monoisotopic (exact) mass is 160 g/mol. The SMILES string of the molecule is C1=CC(c2ccccc2)P=C1. The Morgan fingerprint density at radius 3 is 2.55 bits per heavy atom. The predicted octanol–water partition coefficient (Wildman–Crippen LogP) is 3.05. The summed E-state index contributed by atoms with van der Waals surface area (Å²) in [6, 6.07) is 10.6. The normalized spacial score (nSPS) is 22.4. The Morgan fingerprint density at radius 1 is 1.09 bits per heavy atom. The molecule has 1 unspecified atom stereocenters. The highest BCUT2D eigenvalue weighted by Gasteiger charge is 2.05. The first-order chi connectivity index (χ1) is 5.47. The van der Waals surface area contributed by atoms with Crippen molar-refractivity contribution < 1.29 is 0 Å². The zero-order valence-electron chi connectivity index (χ0n) is 6.14. The Balaban J connectivity index is 2.30. The summed E-state index contributed by atoms with van der Waals surface area (Å²) in [6.07, 6.45) is 4.39. The maximum absolute atomic E-state index is 2.25. The lowest BCUT2D eigenvalue weighted by Crippen LogP contribution is -1.81. The van der Waals surface area contributed by atoms with Crippen molar-refractivity contribution >= 4 is 14.0 Å². The Hall–Kier alpha value is -0.870. The average Bonchev–Trinajstić information content (AvgIpc) is 2.58. The van der Waals surface area contributed by atoms with Gasteiger partial charge in [0.05, 0.1) is 0 Å². The van der Waals surface area contributed by atoms with Crippen molar-refractivity contribution in [2.24, 2.45) is 0 Å². The van der Waals surface area contributed by atoms with Crippen molar-refractivity contribution in [3.63, 3.8) is 0 Å². The lowest BCUT2D eigenvalue weighted by Gasteiger charge is -2.02. The van der Waals surface area contributed by atoms with E-state index in [2.05, 4.69) is 48.3 Å². The fraction of sp³-hybridized carbons (Fsp3) is 0.100. The molecule has 1 atom stereocenters. The topological polar surface area (TPSA) is 0 Å². The Labute approximate surface area is 68.4 Å². The molecule has 1 aliphatic rings. The van der Waals surface area contributed by atoms with Crippen LogP contribution in [-0.2, 0) is 0 Å². The smallest absolute Gasteiger partial charge is 0.0442 e. The fourth-order valence-electron chi connectivity index (χ4n) is 1.19. The molecule has 0 N–H and O–H groups in total. The van der Waals surface area contributed by atoms with E-state index in [-0.39, 0.29) is 0 Å². The molecule has 0 nitrogen and oxygen atoms in total. The van der Waals surface area contributed by atoms with Gasteiger partial charge in [0.1, 0.15) is 0 Å². The molecule has 11 heavy (non-hydrogen) atoms. The third-order valence-corrected chi connectivity index (χ3v) is 2.90. The summed E-state index contributed by atoms with van der Waals surface area (Å²) in [5, 5.41) is 0. The van der Waals surface area contributed by atoms with Gasteiger partial charge in [-0.05, 0) is 11.4 Å². The first kappa shape index (κ1) is 6.82. The molecule has 0 radical (unpaired) electrons. The molecule has 1 aromatic rings. The minimum Gasteiger partial charge on any atom is -0.0921 e. The Bertz CT molecular complexity index is 273. The van der Waals surface area contributed by atoms with Gasteiger partial charge in [-0.15, -0.1) is 0 Å². The van der Waals surface area contributed by atoms with Gasteiger partial charge in [-0.25, -0.2) is 0 Å². The molecule has 1 heterocycles.